The lowest BCUT2D eigenvalue weighted by Crippen LogP contribution is -2.81. The SMILES string of the molecule is CC[C@@]1(OC(=O)OC2CCC3(C)C(=CCC4C3CCC3(C)C(C(C)CCCC(C)C)CCC43)C2)C[C@@H]2CN(CCc3c([nH]c4ccccc34)[C@](C(=O)OC)(c3cc4c(cc3OC)N(C=O)[C@@H]3[C@](O)(C(=O)OC)[C@@H](OC(C)=O)[C@@]5(CC)C=CCN6CC[C@@]43[C@H]65)C2)C1. The number of anilines is 1. The van der Waals surface area contributed by atoms with Gasteiger partial charge in [0.1, 0.15) is 22.9 Å². The van der Waals surface area contributed by atoms with E-state index in [0.717, 1.165) is 65.8 Å². The van der Waals surface area contributed by atoms with E-state index in [4.69, 9.17) is 28.4 Å². The van der Waals surface area contributed by atoms with Crippen molar-refractivity contribution in [1.82, 2.24) is 14.8 Å². The van der Waals surface area contributed by atoms with Gasteiger partial charge in [0, 0.05) is 84.6 Å². The number of para-hydroxylation sites is 1. The summed E-state index contributed by atoms with van der Waals surface area (Å²) in [6, 6.07) is 10.0. The predicted octanol–water partition coefficient (Wildman–Crippen LogP) is 12.1. The second-order valence-electron chi connectivity index (χ2n) is 30.7. The van der Waals surface area contributed by atoms with Crippen molar-refractivity contribution in [2.24, 2.45) is 57.7 Å². The van der Waals surface area contributed by atoms with Crippen molar-refractivity contribution >= 4 is 47.1 Å². The number of rotatable bonds is 15. The van der Waals surface area contributed by atoms with Crippen molar-refractivity contribution in [1.29, 1.82) is 0 Å². The van der Waals surface area contributed by atoms with E-state index in [1.54, 1.807) is 13.2 Å². The molecule has 90 heavy (non-hydrogen) atoms. The summed E-state index contributed by atoms with van der Waals surface area (Å²) >= 11 is 0. The molecule has 2 bridgehead atoms. The van der Waals surface area contributed by atoms with Crippen LogP contribution in [0.5, 0.6) is 5.75 Å². The molecular formula is C74H100N4O12. The summed E-state index contributed by atoms with van der Waals surface area (Å²) in [5.74, 6) is 2.23. The van der Waals surface area contributed by atoms with E-state index in [2.05, 4.69) is 68.5 Å². The minimum Gasteiger partial charge on any atom is -0.496 e. The van der Waals surface area contributed by atoms with Crippen molar-refractivity contribution in [3.05, 3.63) is 82.6 Å². The average molecular weight is 1240 g/mol. The number of carbonyl (C=O) groups is 5. The number of allylic oxidation sites excluding steroid dienone is 1. The lowest BCUT2D eigenvalue weighted by Gasteiger charge is -2.63. The summed E-state index contributed by atoms with van der Waals surface area (Å²) in [5.41, 5.74) is -1.54. The number of amides is 1. The molecule has 9 unspecified atom stereocenters. The molecule has 2 aromatic carbocycles. The zero-order chi connectivity index (χ0) is 63.7. The zero-order valence-corrected chi connectivity index (χ0v) is 55.5. The number of benzene rings is 2. The summed E-state index contributed by atoms with van der Waals surface area (Å²) in [4.78, 5) is 82.8. The lowest BCUT2D eigenvalue weighted by atomic mass is 9.47. The maximum absolute atomic E-state index is 16.0. The topological polar surface area (TPSA) is 186 Å². The van der Waals surface area contributed by atoms with Gasteiger partial charge in [-0.05, 0) is 166 Å². The van der Waals surface area contributed by atoms with Crippen LogP contribution in [0.3, 0.4) is 0 Å². The molecule has 5 aliphatic heterocycles. The minimum atomic E-state index is -2.58. The average Bonchev–Trinajstić information content (AvgIpc) is 1.44. The molecule has 1 spiro atoms. The van der Waals surface area contributed by atoms with Gasteiger partial charge in [-0.1, -0.05) is 110 Å². The van der Waals surface area contributed by atoms with Crippen LogP contribution in [-0.2, 0) is 60.1 Å². The maximum atomic E-state index is 16.0. The molecule has 0 radical (unpaired) electrons. The van der Waals surface area contributed by atoms with Crippen LogP contribution >= 0.6 is 0 Å². The van der Waals surface area contributed by atoms with Gasteiger partial charge in [0.25, 0.3) is 0 Å². The molecule has 18 atom stereocenters. The third-order valence-electron chi connectivity index (χ3n) is 26.3. The number of hydrogen-bond acceptors (Lipinski definition) is 14. The van der Waals surface area contributed by atoms with E-state index >= 15 is 4.79 Å². The number of fused-ring (bicyclic) bond motifs is 11. The number of aromatic amines is 1. The van der Waals surface area contributed by atoms with Gasteiger partial charge in [-0.3, -0.25) is 24.2 Å². The largest absolute Gasteiger partial charge is 0.509 e. The number of nitrogens with zero attached hydrogens (tertiary/aromatic N) is 3. The Labute approximate surface area is 532 Å². The van der Waals surface area contributed by atoms with Crippen LogP contribution in [0.25, 0.3) is 10.9 Å². The fraction of sp³-hybridized carbons (Fsp3) is 0.689. The van der Waals surface area contributed by atoms with Gasteiger partial charge in [0.2, 0.25) is 12.0 Å². The Kier molecular flexibility index (Phi) is 16.2. The molecule has 10 aliphatic rings. The van der Waals surface area contributed by atoms with Crippen molar-refractivity contribution in [3.63, 3.8) is 0 Å². The van der Waals surface area contributed by atoms with Gasteiger partial charge in [-0.2, -0.15) is 0 Å². The maximum Gasteiger partial charge on any atom is 0.509 e. The highest BCUT2D eigenvalue weighted by atomic mass is 16.7. The summed E-state index contributed by atoms with van der Waals surface area (Å²) in [5, 5.41) is 14.6. The molecule has 13 rings (SSSR count). The molecule has 3 aromatic rings. The van der Waals surface area contributed by atoms with Crippen LogP contribution in [0.4, 0.5) is 10.5 Å². The Balaban J connectivity index is 0.838. The van der Waals surface area contributed by atoms with Crippen molar-refractivity contribution in [2.45, 2.75) is 211 Å². The first-order valence-electron chi connectivity index (χ1n) is 34.5. The number of aliphatic hydroxyl groups is 1. The standard InChI is InChI=1S/C74H100N4O12/c1-12-70(90-67(83)89-49-26-30-68(7)48(36-49)22-23-52-54-25-24-53(45(5)19-16-18-44(3)4)69(54,8)31-27-55(52)68)39-47-40-73(65(81)86-10,61-51(28-34-76(41-47)42-70)50-20-14-15-21-58(50)75-61)57-37-56-59(38-60(57)85-9)78(43-79)63-72(56)32-35-77-33-17-29-71(13-2,62(72)77)64(88-46(6)80)74(63,84)66(82)87-11/h14-15,17,20-22,29,37-38,43-45,47,49,52-55,62-64,75,84H,12-13,16,18-19,23-28,30-36,39-42H2,1-11H3/t45?,47-,49?,52?,53?,54?,55?,62+,63-,64-,68?,69?,70+,71-,72-,73+,74+/m0/s1. The highest BCUT2D eigenvalue weighted by Crippen LogP contribution is 2.70. The number of nitrogens with one attached hydrogen (secondary N) is 1. The van der Waals surface area contributed by atoms with Gasteiger partial charge in [0.05, 0.1) is 33.1 Å². The number of carbonyl (C=O) groups excluding carboxylic acids is 5. The molecular weight excluding hydrogens is 1140 g/mol. The molecule has 1 aromatic heterocycles. The first-order chi connectivity index (χ1) is 43.1. The lowest BCUT2D eigenvalue weighted by molar-refractivity contribution is -0.228. The van der Waals surface area contributed by atoms with Crippen LogP contribution < -0.4 is 9.64 Å². The second kappa shape index (κ2) is 23.1. The van der Waals surface area contributed by atoms with Crippen molar-refractivity contribution in [2.75, 3.05) is 59.0 Å². The first-order valence-corrected chi connectivity index (χ1v) is 34.5. The molecule has 16 heteroatoms. The molecule has 1 amide bonds. The highest BCUT2D eigenvalue weighted by Gasteiger charge is 2.81. The molecule has 5 aliphatic carbocycles. The van der Waals surface area contributed by atoms with Crippen LogP contribution in [0.15, 0.2) is 60.2 Å². The Morgan fingerprint density at radius 1 is 0.867 bits per heavy atom. The molecule has 2 N–H and O–H groups in total. The van der Waals surface area contributed by atoms with E-state index in [-0.39, 0.29) is 29.6 Å². The monoisotopic (exact) mass is 1240 g/mol. The number of esters is 3. The third-order valence-corrected chi connectivity index (χ3v) is 26.3. The number of methoxy groups -OCH3 is 3. The smallest absolute Gasteiger partial charge is 0.496 e. The predicted molar refractivity (Wildman–Crippen MR) is 343 cm³/mol. The Morgan fingerprint density at radius 3 is 2.38 bits per heavy atom. The number of hydrogen-bond donors (Lipinski definition) is 2. The van der Waals surface area contributed by atoms with E-state index in [9.17, 15) is 24.3 Å². The second-order valence-corrected chi connectivity index (χ2v) is 30.7. The van der Waals surface area contributed by atoms with Gasteiger partial charge in [-0.15, -0.1) is 0 Å². The molecule has 6 heterocycles. The van der Waals surface area contributed by atoms with Crippen LogP contribution in [0.2, 0.25) is 0 Å². The summed E-state index contributed by atoms with van der Waals surface area (Å²) < 4.78 is 37.7. The van der Waals surface area contributed by atoms with E-state index in [0.29, 0.717) is 111 Å². The number of ether oxygens (including phenoxy) is 6. The summed E-state index contributed by atoms with van der Waals surface area (Å²) in [6.07, 6.45) is 20.2. The van der Waals surface area contributed by atoms with E-state index in [1.807, 2.05) is 43.3 Å². The van der Waals surface area contributed by atoms with Crippen LogP contribution in [-0.4, -0.2) is 140 Å². The fourth-order valence-corrected chi connectivity index (χ4v) is 22.6. The van der Waals surface area contributed by atoms with Crippen molar-refractivity contribution < 1.29 is 57.5 Å². The fourth-order valence-electron chi connectivity index (χ4n) is 22.6. The van der Waals surface area contributed by atoms with Gasteiger partial charge in [-0.25, -0.2) is 9.59 Å². The molecule has 16 nitrogen and oxygen atoms in total. The van der Waals surface area contributed by atoms with Gasteiger partial charge < -0.3 is 43.4 Å². The minimum absolute atomic E-state index is 0.0948. The molecule has 488 valence electrons. The third kappa shape index (κ3) is 9.19. The van der Waals surface area contributed by atoms with E-state index < -0.39 is 69.7 Å². The number of piperidine rings is 1. The highest BCUT2D eigenvalue weighted by molar-refractivity contribution is 5.96. The molecule has 6 fully saturated rings. The first kappa shape index (κ1) is 63.1. The van der Waals surface area contributed by atoms with Gasteiger partial charge >= 0.3 is 24.1 Å². The van der Waals surface area contributed by atoms with Crippen molar-refractivity contribution in [3.8, 4) is 5.75 Å². The molecule has 2 saturated heterocycles. The van der Waals surface area contributed by atoms with E-state index in [1.165, 1.54) is 76.6 Å². The summed E-state index contributed by atoms with van der Waals surface area (Å²) in [6.45, 7) is 20.5. The summed E-state index contributed by atoms with van der Waals surface area (Å²) in [7, 11) is 4.14. The van der Waals surface area contributed by atoms with Gasteiger partial charge in [0.15, 0.2) is 6.10 Å². The Hall–Kier alpha value is -5.71. The number of aromatic nitrogens is 1. The Bertz CT molecular complexity index is 3390. The zero-order valence-electron chi connectivity index (χ0n) is 55.5. The molecule has 4 saturated carbocycles. The number of H-pyrrole nitrogens is 1. The Morgan fingerprint density at radius 2 is 1.66 bits per heavy atom. The van der Waals surface area contributed by atoms with Crippen LogP contribution in [0.1, 0.15) is 181 Å². The normalized spacial score (nSPS) is 39.1. The van der Waals surface area contributed by atoms with Crippen LogP contribution in [0, 0.1) is 57.7 Å². The quantitative estimate of drug-likeness (QED) is 0.0633.